The quantitative estimate of drug-likeness (QED) is 0.731. The predicted molar refractivity (Wildman–Crippen MR) is 115 cm³/mol. The molecule has 1 heterocycles. The van der Waals surface area contributed by atoms with Gasteiger partial charge in [-0.2, -0.15) is 0 Å². The topological polar surface area (TPSA) is 55.4 Å². The number of esters is 1. The van der Waals surface area contributed by atoms with Crippen LogP contribution in [0.2, 0.25) is 0 Å². The van der Waals surface area contributed by atoms with Crippen LogP contribution in [0.3, 0.4) is 0 Å². The molecular weight excluding hydrogens is 390 g/mol. The number of ether oxygens (including phenoxy) is 1. The average Bonchev–Trinajstić information content (AvgIpc) is 3.27. The first kappa shape index (κ1) is 19.4. The Morgan fingerprint density at radius 2 is 1.79 bits per heavy atom. The molecule has 1 aliphatic heterocycles. The summed E-state index contributed by atoms with van der Waals surface area (Å²) in [6, 6.07) is 15.7. The van der Waals surface area contributed by atoms with Crippen molar-refractivity contribution in [3.05, 3.63) is 70.8 Å². The first-order valence-corrected chi connectivity index (χ1v) is 11.7. The third kappa shape index (κ3) is 4.55. The predicted octanol–water partition coefficient (Wildman–Crippen LogP) is 4.52. The van der Waals surface area contributed by atoms with Crippen LogP contribution in [0.25, 0.3) is 0 Å². The van der Waals surface area contributed by atoms with Crippen molar-refractivity contribution in [3.63, 3.8) is 0 Å². The van der Waals surface area contributed by atoms with E-state index in [0.717, 1.165) is 19.3 Å². The van der Waals surface area contributed by atoms with Crippen molar-refractivity contribution in [1.82, 2.24) is 5.32 Å². The second-order valence-corrected chi connectivity index (χ2v) is 9.71. The molecule has 1 saturated heterocycles. The minimum atomic E-state index is -0.461. The molecule has 2 aromatic carbocycles. The Labute approximate surface area is 173 Å². The number of fused-ring (bicyclic) bond motifs is 1. The molecule has 6 heteroatoms. The summed E-state index contributed by atoms with van der Waals surface area (Å²) in [5.41, 5.74) is 4.16. The molecule has 1 N–H and O–H groups in total. The first-order chi connectivity index (χ1) is 13.7. The fraction of sp³-hybridized carbons (Fsp3) is 0.364. The molecule has 0 spiro atoms. The number of aryl methyl sites for hydroxylation is 1. The van der Waals surface area contributed by atoms with E-state index in [2.05, 4.69) is 17.4 Å². The number of thioether (sulfide) groups is 2. The van der Waals surface area contributed by atoms with Crippen molar-refractivity contribution >= 4 is 35.4 Å². The zero-order valence-corrected chi connectivity index (χ0v) is 17.2. The number of hydrogen-bond donors (Lipinski definition) is 1. The highest BCUT2D eigenvalue weighted by Crippen LogP contribution is 2.45. The Morgan fingerprint density at radius 3 is 2.57 bits per heavy atom. The summed E-state index contributed by atoms with van der Waals surface area (Å²) in [5, 5.41) is 3.01. The smallest absolute Gasteiger partial charge is 0.338 e. The Kier molecular flexibility index (Phi) is 6.27. The van der Waals surface area contributed by atoms with E-state index in [0.29, 0.717) is 10.1 Å². The van der Waals surface area contributed by atoms with Crippen LogP contribution in [0, 0.1) is 0 Å². The molecule has 0 saturated carbocycles. The maximum absolute atomic E-state index is 12.3. The second-order valence-electron chi connectivity index (χ2n) is 6.98. The highest BCUT2D eigenvalue weighted by atomic mass is 32.2. The molecule has 28 heavy (non-hydrogen) atoms. The summed E-state index contributed by atoms with van der Waals surface area (Å²) in [6.45, 7) is -0.256. The van der Waals surface area contributed by atoms with Gasteiger partial charge in [0.1, 0.15) is 0 Å². The van der Waals surface area contributed by atoms with Gasteiger partial charge in [-0.1, -0.05) is 36.4 Å². The van der Waals surface area contributed by atoms with Crippen LogP contribution in [0.15, 0.2) is 48.5 Å². The lowest BCUT2D eigenvalue weighted by Gasteiger charge is -2.26. The summed E-state index contributed by atoms with van der Waals surface area (Å²) < 4.78 is 5.68. The van der Waals surface area contributed by atoms with E-state index in [-0.39, 0.29) is 18.6 Å². The van der Waals surface area contributed by atoms with Gasteiger partial charge in [0.25, 0.3) is 5.91 Å². The maximum Gasteiger partial charge on any atom is 0.338 e. The molecular formula is C22H23NO3S2. The third-order valence-electron chi connectivity index (χ3n) is 5.08. The van der Waals surface area contributed by atoms with Crippen LogP contribution >= 0.6 is 23.5 Å². The van der Waals surface area contributed by atoms with Gasteiger partial charge in [-0.3, -0.25) is 4.79 Å². The SMILES string of the molecule is O=C(COC(=O)c1ccc(C2SCCS2)cc1)N[C@H]1CCCc2ccccc21. The molecule has 0 aromatic heterocycles. The van der Waals surface area contributed by atoms with Crippen molar-refractivity contribution in [2.24, 2.45) is 0 Å². The van der Waals surface area contributed by atoms with Gasteiger partial charge in [0.15, 0.2) is 6.61 Å². The van der Waals surface area contributed by atoms with E-state index < -0.39 is 5.97 Å². The van der Waals surface area contributed by atoms with Gasteiger partial charge in [0, 0.05) is 11.5 Å². The van der Waals surface area contributed by atoms with Gasteiger partial charge in [0.2, 0.25) is 0 Å². The molecule has 4 rings (SSSR count). The Morgan fingerprint density at radius 1 is 1.04 bits per heavy atom. The Balaban J connectivity index is 1.29. The Hall–Kier alpha value is -1.92. The molecule has 0 bridgehead atoms. The lowest BCUT2D eigenvalue weighted by Crippen LogP contribution is -2.34. The molecule has 1 amide bonds. The normalized spacial score (nSPS) is 19.1. The van der Waals surface area contributed by atoms with Crippen molar-refractivity contribution < 1.29 is 14.3 Å². The fourth-order valence-corrected chi connectivity index (χ4v) is 6.54. The zero-order chi connectivity index (χ0) is 19.3. The molecule has 0 unspecified atom stereocenters. The van der Waals surface area contributed by atoms with Gasteiger partial charge >= 0.3 is 5.97 Å². The van der Waals surface area contributed by atoms with Crippen LogP contribution in [0.1, 0.15) is 50.5 Å². The maximum atomic E-state index is 12.3. The highest BCUT2D eigenvalue weighted by Gasteiger charge is 2.22. The van der Waals surface area contributed by atoms with E-state index >= 15 is 0 Å². The van der Waals surface area contributed by atoms with E-state index in [4.69, 9.17) is 4.74 Å². The lowest BCUT2D eigenvalue weighted by atomic mass is 9.88. The molecule has 0 radical (unpaired) electrons. The molecule has 146 valence electrons. The molecule has 1 fully saturated rings. The summed E-state index contributed by atoms with van der Waals surface area (Å²) >= 11 is 3.86. The minimum absolute atomic E-state index is 0.00292. The van der Waals surface area contributed by atoms with E-state index in [1.807, 2.05) is 47.8 Å². The Bertz CT molecular complexity index is 847. The number of benzene rings is 2. The average molecular weight is 414 g/mol. The standard InChI is InChI=1S/C22H23NO3S2/c24-20(23-19-7-3-5-15-4-1-2-6-18(15)19)14-26-21(25)16-8-10-17(11-9-16)22-27-12-13-28-22/h1-2,4,6,8-11,19,22H,3,5,7,12-14H2,(H,23,24)/t19-/m0/s1. The van der Waals surface area contributed by atoms with Crippen LogP contribution in [0.4, 0.5) is 0 Å². The van der Waals surface area contributed by atoms with Gasteiger partial charge in [-0.05, 0) is 48.1 Å². The number of rotatable bonds is 5. The lowest BCUT2D eigenvalue weighted by molar-refractivity contribution is -0.125. The highest BCUT2D eigenvalue weighted by molar-refractivity contribution is 8.19. The molecule has 2 aromatic rings. The monoisotopic (exact) mass is 413 g/mol. The third-order valence-corrected chi connectivity index (χ3v) is 8.18. The van der Waals surface area contributed by atoms with Gasteiger partial charge < -0.3 is 10.1 Å². The summed E-state index contributed by atoms with van der Waals surface area (Å²) in [5.74, 6) is 1.61. The van der Waals surface area contributed by atoms with Gasteiger partial charge in [-0.15, -0.1) is 23.5 Å². The summed E-state index contributed by atoms with van der Waals surface area (Å²) in [7, 11) is 0. The number of carbonyl (C=O) groups excluding carboxylic acids is 2. The molecule has 2 aliphatic rings. The van der Waals surface area contributed by atoms with Crippen LogP contribution in [0.5, 0.6) is 0 Å². The zero-order valence-electron chi connectivity index (χ0n) is 15.6. The first-order valence-electron chi connectivity index (χ1n) is 9.58. The minimum Gasteiger partial charge on any atom is -0.452 e. The largest absolute Gasteiger partial charge is 0.452 e. The van der Waals surface area contributed by atoms with Crippen LogP contribution in [-0.4, -0.2) is 30.0 Å². The van der Waals surface area contributed by atoms with Crippen molar-refractivity contribution in [3.8, 4) is 0 Å². The molecule has 1 atom stereocenters. The van der Waals surface area contributed by atoms with Crippen molar-refractivity contribution in [2.75, 3.05) is 18.1 Å². The summed E-state index contributed by atoms with van der Waals surface area (Å²) in [6.07, 6.45) is 3.01. The van der Waals surface area contributed by atoms with E-state index in [9.17, 15) is 9.59 Å². The summed E-state index contributed by atoms with van der Waals surface area (Å²) in [4.78, 5) is 24.6. The number of hydrogen-bond acceptors (Lipinski definition) is 5. The van der Waals surface area contributed by atoms with Crippen molar-refractivity contribution in [2.45, 2.75) is 29.9 Å². The number of nitrogens with one attached hydrogen (secondary N) is 1. The van der Waals surface area contributed by atoms with Gasteiger partial charge in [0.05, 0.1) is 16.2 Å². The van der Waals surface area contributed by atoms with Crippen molar-refractivity contribution in [1.29, 1.82) is 0 Å². The number of carbonyl (C=O) groups is 2. The van der Waals surface area contributed by atoms with E-state index in [1.54, 1.807) is 12.1 Å². The van der Waals surface area contributed by atoms with Gasteiger partial charge in [-0.25, -0.2) is 4.79 Å². The van der Waals surface area contributed by atoms with Crippen LogP contribution in [-0.2, 0) is 16.0 Å². The van der Waals surface area contributed by atoms with Crippen LogP contribution < -0.4 is 5.32 Å². The van der Waals surface area contributed by atoms with E-state index in [1.165, 1.54) is 28.2 Å². The molecule has 4 nitrogen and oxygen atoms in total. The number of amides is 1. The molecule has 1 aliphatic carbocycles. The fourth-order valence-electron chi connectivity index (χ4n) is 3.68. The second kappa shape index (κ2) is 9.05.